The first-order valence-electron chi connectivity index (χ1n) is 6.84. The quantitative estimate of drug-likeness (QED) is 0.832. The minimum atomic E-state index is -0.178. The number of halogens is 1. The van der Waals surface area contributed by atoms with Crippen molar-refractivity contribution in [1.82, 2.24) is 9.80 Å². The molecule has 0 unspecified atom stereocenters. The van der Waals surface area contributed by atoms with Crippen LogP contribution in [0.2, 0.25) is 0 Å². The molecule has 0 spiro atoms. The normalized spacial score (nSPS) is 17.9. The highest BCUT2D eigenvalue weighted by Crippen LogP contribution is 2.10. The van der Waals surface area contributed by atoms with E-state index in [0.717, 1.165) is 51.3 Å². The molecule has 0 atom stereocenters. The summed E-state index contributed by atoms with van der Waals surface area (Å²) >= 11 is 0. The zero-order valence-electron chi connectivity index (χ0n) is 11.2. The average molecular weight is 261 g/mol. The van der Waals surface area contributed by atoms with Crippen molar-refractivity contribution in [2.75, 3.05) is 32.7 Å². The van der Waals surface area contributed by atoms with Gasteiger partial charge in [-0.1, -0.05) is 12.1 Å². The van der Waals surface area contributed by atoms with Gasteiger partial charge in [0.15, 0.2) is 0 Å². The predicted molar refractivity (Wildman–Crippen MR) is 73.0 cm³/mol. The highest BCUT2D eigenvalue weighted by molar-refractivity contribution is 5.15. The number of nitriles is 1. The SMILES string of the molecule is N#CCCN1CCCN(Cc2ccc(F)cc2)CC1. The summed E-state index contributed by atoms with van der Waals surface area (Å²) in [7, 11) is 0. The molecule has 1 aromatic rings. The summed E-state index contributed by atoms with van der Waals surface area (Å²) < 4.78 is 12.9. The third kappa shape index (κ3) is 4.62. The van der Waals surface area contributed by atoms with Crippen LogP contribution >= 0.6 is 0 Å². The molecular weight excluding hydrogens is 241 g/mol. The molecule has 1 saturated heterocycles. The molecule has 0 aliphatic carbocycles. The molecule has 3 nitrogen and oxygen atoms in total. The molecule has 1 aliphatic rings. The Morgan fingerprint density at radius 1 is 1.05 bits per heavy atom. The fourth-order valence-electron chi connectivity index (χ4n) is 2.46. The number of hydrogen-bond donors (Lipinski definition) is 0. The average Bonchev–Trinajstić information content (AvgIpc) is 2.64. The Labute approximate surface area is 114 Å². The Kier molecular flexibility index (Phi) is 5.31. The van der Waals surface area contributed by atoms with Crippen molar-refractivity contribution >= 4 is 0 Å². The lowest BCUT2D eigenvalue weighted by atomic mass is 10.2. The molecule has 0 bridgehead atoms. The summed E-state index contributed by atoms with van der Waals surface area (Å²) in [5.41, 5.74) is 1.16. The fraction of sp³-hybridized carbons (Fsp3) is 0.533. The van der Waals surface area contributed by atoms with Gasteiger partial charge >= 0.3 is 0 Å². The topological polar surface area (TPSA) is 30.3 Å². The molecule has 0 amide bonds. The van der Waals surface area contributed by atoms with Crippen molar-refractivity contribution in [3.05, 3.63) is 35.6 Å². The van der Waals surface area contributed by atoms with E-state index in [1.165, 1.54) is 12.1 Å². The zero-order valence-corrected chi connectivity index (χ0v) is 11.2. The van der Waals surface area contributed by atoms with Crippen LogP contribution in [0.15, 0.2) is 24.3 Å². The maximum atomic E-state index is 12.9. The maximum Gasteiger partial charge on any atom is 0.123 e. The lowest BCUT2D eigenvalue weighted by Gasteiger charge is -2.21. The van der Waals surface area contributed by atoms with E-state index in [-0.39, 0.29) is 5.82 Å². The van der Waals surface area contributed by atoms with Crippen LogP contribution < -0.4 is 0 Å². The van der Waals surface area contributed by atoms with E-state index in [1.807, 2.05) is 12.1 Å². The van der Waals surface area contributed by atoms with Crippen molar-refractivity contribution < 1.29 is 4.39 Å². The third-order valence-electron chi connectivity index (χ3n) is 3.54. The van der Waals surface area contributed by atoms with E-state index in [0.29, 0.717) is 6.42 Å². The first-order chi connectivity index (χ1) is 9.28. The largest absolute Gasteiger partial charge is 0.301 e. The Balaban J connectivity index is 1.82. The van der Waals surface area contributed by atoms with Gasteiger partial charge in [-0.25, -0.2) is 4.39 Å². The van der Waals surface area contributed by atoms with Crippen molar-refractivity contribution in [3.8, 4) is 6.07 Å². The molecule has 0 saturated carbocycles. The Morgan fingerprint density at radius 2 is 1.74 bits per heavy atom. The number of nitrogens with zero attached hydrogens (tertiary/aromatic N) is 3. The summed E-state index contributed by atoms with van der Waals surface area (Å²) in [6, 6.07) is 8.95. The van der Waals surface area contributed by atoms with Crippen molar-refractivity contribution in [3.63, 3.8) is 0 Å². The lowest BCUT2D eigenvalue weighted by Crippen LogP contribution is -2.31. The molecule has 19 heavy (non-hydrogen) atoms. The van der Waals surface area contributed by atoms with Crippen molar-refractivity contribution in [1.29, 1.82) is 5.26 Å². The fourth-order valence-corrected chi connectivity index (χ4v) is 2.46. The molecule has 102 valence electrons. The van der Waals surface area contributed by atoms with E-state index in [2.05, 4.69) is 15.9 Å². The molecule has 4 heteroatoms. The van der Waals surface area contributed by atoms with Gasteiger partial charge in [0.25, 0.3) is 0 Å². The highest BCUT2D eigenvalue weighted by Gasteiger charge is 2.14. The summed E-state index contributed by atoms with van der Waals surface area (Å²) in [5, 5.41) is 8.62. The molecule has 0 N–H and O–H groups in total. The van der Waals surface area contributed by atoms with Crippen LogP contribution in [0.3, 0.4) is 0 Å². The first-order valence-corrected chi connectivity index (χ1v) is 6.84. The highest BCUT2D eigenvalue weighted by atomic mass is 19.1. The number of benzene rings is 1. The van der Waals surface area contributed by atoms with Gasteiger partial charge in [-0.2, -0.15) is 5.26 Å². The van der Waals surface area contributed by atoms with E-state index < -0.39 is 0 Å². The third-order valence-corrected chi connectivity index (χ3v) is 3.54. The molecular formula is C15H20FN3. The van der Waals surface area contributed by atoms with E-state index in [9.17, 15) is 4.39 Å². The van der Waals surface area contributed by atoms with Crippen LogP contribution in [0.4, 0.5) is 4.39 Å². The molecule has 1 fully saturated rings. The van der Waals surface area contributed by atoms with Crippen molar-refractivity contribution in [2.24, 2.45) is 0 Å². The molecule has 1 heterocycles. The second-order valence-electron chi connectivity index (χ2n) is 5.01. The summed E-state index contributed by atoms with van der Waals surface area (Å²) in [6.45, 7) is 5.93. The Bertz CT molecular complexity index is 424. The second kappa shape index (κ2) is 7.22. The van der Waals surface area contributed by atoms with Gasteiger partial charge in [-0.3, -0.25) is 4.90 Å². The van der Waals surface area contributed by atoms with Gasteiger partial charge in [0, 0.05) is 32.6 Å². The summed E-state index contributed by atoms with van der Waals surface area (Å²) in [4.78, 5) is 4.76. The van der Waals surface area contributed by atoms with Crippen LogP contribution in [0.25, 0.3) is 0 Å². The lowest BCUT2D eigenvalue weighted by molar-refractivity contribution is 0.254. The van der Waals surface area contributed by atoms with Gasteiger partial charge in [0.2, 0.25) is 0 Å². The molecule has 2 rings (SSSR count). The number of rotatable bonds is 4. The minimum Gasteiger partial charge on any atom is -0.301 e. The number of hydrogen-bond acceptors (Lipinski definition) is 3. The van der Waals surface area contributed by atoms with Crippen LogP contribution in [0, 0.1) is 17.1 Å². The maximum absolute atomic E-state index is 12.9. The van der Waals surface area contributed by atoms with Gasteiger partial charge in [-0.05, 0) is 37.2 Å². The minimum absolute atomic E-state index is 0.178. The van der Waals surface area contributed by atoms with Crippen LogP contribution in [0.1, 0.15) is 18.4 Å². The molecule has 0 radical (unpaired) electrons. The van der Waals surface area contributed by atoms with E-state index >= 15 is 0 Å². The van der Waals surface area contributed by atoms with Gasteiger partial charge in [0.05, 0.1) is 6.07 Å². The molecule has 1 aromatic carbocycles. The summed E-state index contributed by atoms with van der Waals surface area (Å²) in [5.74, 6) is -0.178. The second-order valence-corrected chi connectivity index (χ2v) is 5.01. The predicted octanol–water partition coefficient (Wildman–Crippen LogP) is 2.25. The monoisotopic (exact) mass is 261 g/mol. The Morgan fingerprint density at radius 3 is 2.47 bits per heavy atom. The molecule has 1 aliphatic heterocycles. The standard InChI is InChI=1S/C15H20FN3/c16-15-5-3-14(4-6-15)13-19-10-2-9-18(11-12-19)8-1-7-17/h3-6H,1-2,8-13H2. The summed E-state index contributed by atoms with van der Waals surface area (Å²) in [6.07, 6.45) is 1.74. The van der Waals surface area contributed by atoms with E-state index in [4.69, 9.17) is 5.26 Å². The van der Waals surface area contributed by atoms with Gasteiger partial charge < -0.3 is 4.90 Å². The molecule has 0 aromatic heterocycles. The van der Waals surface area contributed by atoms with Crippen LogP contribution in [0.5, 0.6) is 0 Å². The van der Waals surface area contributed by atoms with E-state index in [1.54, 1.807) is 0 Å². The van der Waals surface area contributed by atoms with Crippen LogP contribution in [-0.2, 0) is 6.54 Å². The smallest absolute Gasteiger partial charge is 0.123 e. The van der Waals surface area contributed by atoms with Gasteiger partial charge in [0.1, 0.15) is 5.82 Å². The van der Waals surface area contributed by atoms with Crippen molar-refractivity contribution in [2.45, 2.75) is 19.4 Å². The van der Waals surface area contributed by atoms with Gasteiger partial charge in [-0.15, -0.1) is 0 Å². The first kappa shape index (κ1) is 14.0. The van der Waals surface area contributed by atoms with Crippen LogP contribution in [-0.4, -0.2) is 42.5 Å². The Hall–Kier alpha value is -1.44. The zero-order chi connectivity index (χ0) is 13.5.